The van der Waals surface area contributed by atoms with Crippen LogP contribution in [0.3, 0.4) is 0 Å². The van der Waals surface area contributed by atoms with E-state index >= 15 is 0 Å². The summed E-state index contributed by atoms with van der Waals surface area (Å²) in [6.07, 6.45) is -4.61. The Morgan fingerprint density at radius 2 is 1.56 bits per heavy atom. The van der Waals surface area contributed by atoms with E-state index in [1.807, 2.05) is 0 Å². The van der Waals surface area contributed by atoms with Gasteiger partial charge in [-0.2, -0.15) is 13.2 Å². The van der Waals surface area contributed by atoms with E-state index in [1.165, 1.54) is 19.1 Å². The van der Waals surface area contributed by atoms with Crippen molar-refractivity contribution in [1.82, 2.24) is 0 Å². The summed E-state index contributed by atoms with van der Waals surface area (Å²) in [6.45, 7) is 6.48. The molecule has 0 aliphatic heterocycles. The van der Waals surface area contributed by atoms with Gasteiger partial charge in [0.05, 0.1) is 5.56 Å². The molecule has 0 saturated heterocycles. The number of alkyl halides is 3. The van der Waals surface area contributed by atoms with E-state index in [9.17, 15) is 23.2 Å². The first-order valence-corrected chi connectivity index (χ1v) is 5.53. The second-order valence-electron chi connectivity index (χ2n) is 5.34. The molecule has 0 aromatic heterocycles. The lowest BCUT2D eigenvalue weighted by Gasteiger charge is -2.26. The Balaban J connectivity index is 3.70. The molecule has 0 amide bonds. The van der Waals surface area contributed by atoms with Gasteiger partial charge in [0.15, 0.2) is 0 Å². The second kappa shape index (κ2) is 4.59. The number of hydrogen-bond acceptors (Lipinski definition) is 2. The number of benzene rings is 1. The van der Waals surface area contributed by atoms with Crippen LogP contribution in [0.15, 0.2) is 12.1 Å². The molecule has 2 N–H and O–H groups in total. The predicted molar refractivity (Wildman–Crippen MR) is 64.7 cm³/mol. The third-order valence-electron chi connectivity index (χ3n) is 2.80. The molecule has 1 aromatic rings. The molecule has 1 aromatic carbocycles. The Morgan fingerprint density at radius 1 is 1.06 bits per heavy atom. The molecule has 0 aliphatic carbocycles. The second-order valence-corrected chi connectivity index (χ2v) is 5.34. The Bertz CT molecular complexity index is 448. The van der Waals surface area contributed by atoms with Gasteiger partial charge in [-0.3, -0.25) is 0 Å². The molecule has 2 nitrogen and oxygen atoms in total. The Morgan fingerprint density at radius 3 is 1.89 bits per heavy atom. The molecule has 0 bridgehead atoms. The van der Waals surface area contributed by atoms with Crippen LogP contribution in [-0.4, -0.2) is 17.2 Å². The number of halogens is 3. The molecule has 0 unspecified atom stereocenters. The molecule has 0 spiro atoms. The first-order chi connectivity index (χ1) is 7.96. The maximum absolute atomic E-state index is 13.0. The first kappa shape index (κ1) is 15.1. The SMILES string of the molecule is Cc1ccc(C(C)(C)C)c(B(O)O)c1C(F)(F)F. The molecule has 6 heteroatoms. The average Bonchev–Trinajstić information content (AvgIpc) is 2.12. The van der Waals surface area contributed by atoms with Crippen LogP contribution in [-0.2, 0) is 11.6 Å². The van der Waals surface area contributed by atoms with Crippen LogP contribution < -0.4 is 5.46 Å². The van der Waals surface area contributed by atoms with Gasteiger partial charge in [0, 0.05) is 0 Å². The zero-order valence-electron chi connectivity index (χ0n) is 10.8. The van der Waals surface area contributed by atoms with E-state index < -0.39 is 29.7 Å². The van der Waals surface area contributed by atoms with Crippen molar-refractivity contribution >= 4 is 12.6 Å². The molecule has 1 rings (SSSR count). The van der Waals surface area contributed by atoms with Crippen LogP contribution in [0.2, 0.25) is 0 Å². The number of hydrogen-bond donors (Lipinski definition) is 2. The summed E-state index contributed by atoms with van der Waals surface area (Å²) in [4.78, 5) is 0. The zero-order valence-corrected chi connectivity index (χ0v) is 10.8. The normalized spacial score (nSPS) is 12.7. The summed E-state index contributed by atoms with van der Waals surface area (Å²) in [5.41, 5.74) is -1.74. The summed E-state index contributed by atoms with van der Waals surface area (Å²) in [7, 11) is -2.14. The van der Waals surface area contributed by atoms with E-state index in [-0.39, 0.29) is 11.1 Å². The minimum absolute atomic E-state index is 0.0152. The fourth-order valence-corrected chi connectivity index (χ4v) is 2.03. The topological polar surface area (TPSA) is 40.5 Å². The first-order valence-electron chi connectivity index (χ1n) is 5.53. The number of rotatable bonds is 1. The minimum Gasteiger partial charge on any atom is -0.423 e. The van der Waals surface area contributed by atoms with Crippen LogP contribution >= 0.6 is 0 Å². The lowest BCUT2D eigenvalue weighted by atomic mass is 9.67. The van der Waals surface area contributed by atoms with Crippen LogP contribution in [0.1, 0.15) is 37.5 Å². The molecule has 0 fully saturated rings. The third kappa shape index (κ3) is 2.87. The third-order valence-corrected chi connectivity index (χ3v) is 2.80. The summed E-state index contributed by atoms with van der Waals surface area (Å²) >= 11 is 0. The fourth-order valence-electron chi connectivity index (χ4n) is 2.03. The number of aryl methyl sites for hydroxylation is 1. The average molecular weight is 260 g/mol. The van der Waals surface area contributed by atoms with Crippen LogP contribution in [0, 0.1) is 6.92 Å². The smallest absolute Gasteiger partial charge is 0.423 e. The van der Waals surface area contributed by atoms with E-state index in [2.05, 4.69) is 0 Å². The van der Waals surface area contributed by atoms with Crippen molar-refractivity contribution in [1.29, 1.82) is 0 Å². The van der Waals surface area contributed by atoms with Gasteiger partial charge >= 0.3 is 13.3 Å². The highest BCUT2D eigenvalue weighted by Gasteiger charge is 2.40. The molecule has 0 aliphatic rings. The largest absolute Gasteiger partial charge is 0.489 e. The van der Waals surface area contributed by atoms with Crippen molar-refractivity contribution in [3.8, 4) is 0 Å². The molecule has 18 heavy (non-hydrogen) atoms. The van der Waals surface area contributed by atoms with Gasteiger partial charge in [-0.15, -0.1) is 0 Å². The molecular weight excluding hydrogens is 244 g/mol. The molecule has 0 radical (unpaired) electrons. The Hall–Kier alpha value is -1.01. The van der Waals surface area contributed by atoms with Gasteiger partial charge in [-0.05, 0) is 28.9 Å². The minimum atomic E-state index is -4.61. The Kier molecular flexibility index (Phi) is 3.84. The van der Waals surface area contributed by atoms with Gasteiger partial charge < -0.3 is 10.0 Å². The van der Waals surface area contributed by atoms with Crippen molar-refractivity contribution in [2.45, 2.75) is 39.3 Å². The summed E-state index contributed by atoms with van der Waals surface area (Å²) < 4.78 is 39.0. The highest BCUT2D eigenvalue weighted by atomic mass is 19.4. The van der Waals surface area contributed by atoms with Crippen LogP contribution in [0.5, 0.6) is 0 Å². The maximum Gasteiger partial charge on any atom is 0.489 e. The Labute approximate surface area is 105 Å². The van der Waals surface area contributed by atoms with Crippen LogP contribution in [0.4, 0.5) is 13.2 Å². The monoisotopic (exact) mass is 260 g/mol. The molecule has 0 atom stereocenters. The van der Waals surface area contributed by atoms with Crippen molar-refractivity contribution < 1.29 is 23.2 Å². The van der Waals surface area contributed by atoms with Gasteiger partial charge in [-0.25, -0.2) is 0 Å². The van der Waals surface area contributed by atoms with Gasteiger partial charge in [-0.1, -0.05) is 32.9 Å². The maximum atomic E-state index is 13.0. The highest BCUT2D eigenvalue weighted by molar-refractivity contribution is 6.60. The molecule has 0 saturated carbocycles. The van der Waals surface area contributed by atoms with Crippen molar-refractivity contribution in [2.75, 3.05) is 0 Å². The standard InChI is InChI=1S/C12H16BF3O2/c1-7-5-6-8(11(2,3)4)10(13(17)18)9(7)12(14,15)16/h5-6,17-18H,1-4H3. The zero-order chi connectivity index (χ0) is 14.3. The van der Waals surface area contributed by atoms with E-state index in [4.69, 9.17) is 0 Å². The lowest BCUT2D eigenvalue weighted by Crippen LogP contribution is -2.42. The quantitative estimate of drug-likeness (QED) is 0.758. The fraction of sp³-hybridized carbons (Fsp3) is 0.500. The van der Waals surface area contributed by atoms with E-state index in [0.29, 0.717) is 0 Å². The van der Waals surface area contributed by atoms with Crippen molar-refractivity contribution in [2.24, 2.45) is 0 Å². The molecular formula is C12H16BF3O2. The van der Waals surface area contributed by atoms with E-state index in [0.717, 1.165) is 0 Å². The summed E-state index contributed by atoms with van der Waals surface area (Å²) in [5, 5.41) is 18.6. The van der Waals surface area contributed by atoms with Crippen molar-refractivity contribution in [3.63, 3.8) is 0 Å². The van der Waals surface area contributed by atoms with Gasteiger partial charge in [0.1, 0.15) is 0 Å². The molecule has 0 heterocycles. The summed E-state index contributed by atoms with van der Waals surface area (Å²) in [5.74, 6) is 0. The van der Waals surface area contributed by atoms with Gasteiger partial charge in [0.2, 0.25) is 0 Å². The summed E-state index contributed by atoms with van der Waals surface area (Å²) in [6, 6.07) is 2.87. The van der Waals surface area contributed by atoms with Gasteiger partial charge in [0.25, 0.3) is 0 Å². The molecule has 100 valence electrons. The predicted octanol–water partition coefficient (Wildman–Crippen LogP) is 1.99. The van der Waals surface area contributed by atoms with Crippen molar-refractivity contribution in [3.05, 3.63) is 28.8 Å². The lowest BCUT2D eigenvalue weighted by molar-refractivity contribution is -0.137. The van der Waals surface area contributed by atoms with Crippen LogP contribution in [0.25, 0.3) is 0 Å². The van der Waals surface area contributed by atoms with E-state index in [1.54, 1.807) is 20.8 Å². The highest BCUT2D eigenvalue weighted by Crippen LogP contribution is 2.33.